The summed E-state index contributed by atoms with van der Waals surface area (Å²) in [6, 6.07) is 6.68. The molecule has 0 radical (unpaired) electrons. The molecule has 0 bridgehead atoms. The lowest BCUT2D eigenvalue weighted by atomic mass is 10.1. The molecule has 0 aromatic heterocycles. The van der Waals surface area contributed by atoms with Gasteiger partial charge in [0, 0.05) is 12.8 Å². The van der Waals surface area contributed by atoms with Crippen LogP contribution in [0.25, 0.3) is 0 Å². The summed E-state index contributed by atoms with van der Waals surface area (Å²) >= 11 is 0. The van der Waals surface area contributed by atoms with Crippen molar-refractivity contribution in [3.05, 3.63) is 29.8 Å². The second-order valence-corrected chi connectivity index (χ2v) is 4.10. The fraction of sp³-hybridized carbons (Fsp3) is 0.462. The number of carboxylic acid groups (broad SMARTS) is 1. The highest BCUT2D eigenvalue weighted by molar-refractivity contribution is 5.67. The number of ether oxygens (including phenoxy) is 1. The van der Waals surface area contributed by atoms with Crippen LogP contribution in [0, 0.1) is 0 Å². The maximum absolute atomic E-state index is 11.9. The van der Waals surface area contributed by atoms with E-state index in [-0.39, 0.29) is 19.4 Å². The van der Waals surface area contributed by atoms with Gasteiger partial charge in [-0.15, -0.1) is 0 Å². The van der Waals surface area contributed by atoms with Gasteiger partial charge in [-0.25, -0.2) is 0 Å². The lowest BCUT2D eigenvalue weighted by molar-refractivity contribution is -0.137. The van der Waals surface area contributed by atoms with E-state index in [1.807, 2.05) is 0 Å². The summed E-state index contributed by atoms with van der Waals surface area (Å²) < 4.78 is 40.8. The third-order valence-corrected chi connectivity index (χ3v) is 2.42. The zero-order valence-electron chi connectivity index (χ0n) is 10.2. The highest BCUT2D eigenvalue weighted by Crippen LogP contribution is 2.21. The molecule has 106 valence electrons. The van der Waals surface area contributed by atoms with Gasteiger partial charge in [0.15, 0.2) is 0 Å². The summed E-state index contributed by atoms with van der Waals surface area (Å²) in [5.41, 5.74) is 0.852. The SMILES string of the molecule is O=C(O)CCc1ccc(OCCCC(F)(F)F)cc1. The molecule has 19 heavy (non-hydrogen) atoms. The van der Waals surface area contributed by atoms with E-state index in [2.05, 4.69) is 0 Å². The van der Waals surface area contributed by atoms with Gasteiger partial charge >= 0.3 is 12.1 Å². The quantitative estimate of drug-likeness (QED) is 0.776. The summed E-state index contributed by atoms with van der Waals surface area (Å²) in [5, 5.41) is 8.52. The van der Waals surface area contributed by atoms with Crippen LogP contribution in [-0.2, 0) is 11.2 Å². The Kier molecular flexibility index (Phi) is 5.66. The van der Waals surface area contributed by atoms with Crippen molar-refractivity contribution in [3.63, 3.8) is 0 Å². The van der Waals surface area contributed by atoms with Crippen molar-refractivity contribution < 1.29 is 27.8 Å². The summed E-state index contributed by atoms with van der Waals surface area (Å²) in [5.74, 6) is -0.381. The first-order valence-corrected chi connectivity index (χ1v) is 5.87. The molecule has 0 aliphatic rings. The lowest BCUT2D eigenvalue weighted by Crippen LogP contribution is -2.09. The van der Waals surface area contributed by atoms with Crippen LogP contribution in [0.1, 0.15) is 24.8 Å². The van der Waals surface area contributed by atoms with Crippen LogP contribution in [0.3, 0.4) is 0 Å². The average Bonchev–Trinajstić information content (AvgIpc) is 2.32. The van der Waals surface area contributed by atoms with Gasteiger partial charge in [0.2, 0.25) is 0 Å². The number of benzene rings is 1. The van der Waals surface area contributed by atoms with Gasteiger partial charge in [-0.3, -0.25) is 4.79 Å². The molecule has 1 aromatic rings. The van der Waals surface area contributed by atoms with Gasteiger partial charge in [0.25, 0.3) is 0 Å². The second-order valence-electron chi connectivity index (χ2n) is 4.10. The molecule has 1 N–H and O–H groups in total. The number of hydrogen-bond acceptors (Lipinski definition) is 2. The number of aliphatic carboxylic acids is 1. The van der Waals surface area contributed by atoms with E-state index in [9.17, 15) is 18.0 Å². The predicted octanol–water partition coefficient (Wildman–Crippen LogP) is 3.43. The van der Waals surface area contributed by atoms with Crippen LogP contribution < -0.4 is 4.74 Å². The lowest BCUT2D eigenvalue weighted by Gasteiger charge is -2.08. The van der Waals surface area contributed by atoms with E-state index in [0.717, 1.165) is 5.56 Å². The van der Waals surface area contributed by atoms with Crippen molar-refractivity contribution in [1.82, 2.24) is 0 Å². The Hall–Kier alpha value is -1.72. The van der Waals surface area contributed by atoms with E-state index >= 15 is 0 Å². The van der Waals surface area contributed by atoms with Gasteiger partial charge in [-0.1, -0.05) is 12.1 Å². The molecule has 0 saturated heterocycles. The number of halogens is 3. The first kappa shape index (κ1) is 15.3. The van der Waals surface area contributed by atoms with Crippen molar-refractivity contribution in [2.75, 3.05) is 6.61 Å². The van der Waals surface area contributed by atoms with Crippen LogP contribution in [0.2, 0.25) is 0 Å². The summed E-state index contributed by atoms with van der Waals surface area (Å²) in [6.45, 7) is 0.00792. The molecule has 0 fully saturated rings. The number of alkyl halides is 3. The molecule has 0 amide bonds. The highest BCUT2D eigenvalue weighted by atomic mass is 19.4. The van der Waals surface area contributed by atoms with Gasteiger partial charge in [-0.05, 0) is 30.5 Å². The molecule has 0 saturated carbocycles. The second kappa shape index (κ2) is 7.01. The standard InChI is InChI=1S/C13H15F3O3/c14-13(15,16)8-1-9-19-11-5-2-10(3-6-11)4-7-12(17)18/h2-3,5-6H,1,4,7-9H2,(H,17,18). The molecular formula is C13H15F3O3. The third kappa shape index (κ3) is 7.33. The first-order valence-electron chi connectivity index (χ1n) is 5.87. The fourth-order valence-corrected chi connectivity index (χ4v) is 1.47. The molecule has 0 spiro atoms. The van der Waals surface area contributed by atoms with Gasteiger partial charge in [0.1, 0.15) is 5.75 Å². The van der Waals surface area contributed by atoms with E-state index in [1.54, 1.807) is 24.3 Å². The van der Waals surface area contributed by atoms with E-state index in [4.69, 9.17) is 9.84 Å². The highest BCUT2D eigenvalue weighted by Gasteiger charge is 2.26. The molecule has 6 heteroatoms. The monoisotopic (exact) mass is 276 g/mol. The molecule has 0 aliphatic carbocycles. The molecule has 1 aromatic carbocycles. The minimum absolute atomic E-state index is 0.00792. The zero-order valence-corrected chi connectivity index (χ0v) is 10.2. The number of hydrogen-bond donors (Lipinski definition) is 1. The Morgan fingerprint density at radius 2 is 1.84 bits per heavy atom. The summed E-state index contributed by atoms with van der Waals surface area (Å²) in [4.78, 5) is 10.4. The van der Waals surface area contributed by atoms with Crippen LogP contribution in [0.15, 0.2) is 24.3 Å². The Morgan fingerprint density at radius 1 is 1.21 bits per heavy atom. The molecular weight excluding hydrogens is 261 g/mol. The van der Waals surface area contributed by atoms with Crippen molar-refractivity contribution >= 4 is 5.97 Å². The van der Waals surface area contributed by atoms with Crippen LogP contribution in [0.5, 0.6) is 5.75 Å². The normalized spacial score (nSPS) is 11.3. The fourth-order valence-electron chi connectivity index (χ4n) is 1.47. The van der Waals surface area contributed by atoms with E-state index < -0.39 is 18.6 Å². The predicted molar refractivity (Wildman–Crippen MR) is 63.2 cm³/mol. The number of carbonyl (C=O) groups is 1. The molecule has 3 nitrogen and oxygen atoms in total. The smallest absolute Gasteiger partial charge is 0.389 e. The minimum atomic E-state index is -4.15. The van der Waals surface area contributed by atoms with Crippen LogP contribution >= 0.6 is 0 Å². The maximum Gasteiger partial charge on any atom is 0.389 e. The Morgan fingerprint density at radius 3 is 2.37 bits per heavy atom. The first-order chi connectivity index (χ1) is 8.87. The van der Waals surface area contributed by atoms with Crippen molar-refractivity contribution in [3.8, 4) is 5.75 Å². The molecule has 0 heterocycles. The third-order valence-electron chi connectivity index (χ3n) is 2.42. The summed E-state index contributed by atoms with van der Waals surface area (Å²) in [7, 11) is 0. The van der Waals surface area contributed by atoms with Crippen LogP contribution in [-0.4, -0.2) is 23.9 Å². The zero-order chi connectivity index (χ0) is 14.3. The maximum atomic E-state index is 11.9. The van der Waals surface area contributed by atoms with Gasteiger partial charge in [-0.2, -0.15) is 13.2 Å². The van der Waals surface area contributed by atoms with Gasteiger partial charge in [0.05, 0.1) is 6.61 Å². The minimum Gasteiger partial charge on any atom is -0.494 e. The largest absolute Gasteiger partial charge is 0.494 e. The Labute approximate surface area is 109 Å². The van der Waals surface area contributed by atoms with E-state index in [0.29, 0.717) is 12.2 Å². The average molecular weight is 276 g/mol. The number of carboxylic acids is 1. The number of rotatable bonds is 7. The topological polar surface area (TPSA) is 46.5 Å². The molecule has 0 aliphatic heterocycles. The molecule has 1 rings (SSSR count). The Balaban J connectivity index is 2.30. The molecule has 0 atom stereocenters. The van der Waals surface area contributed by atoms with Crippen molar-refractivity contribution in [1.29, 1.82) is 0 Å². The Bertz CT molecular complexity index is 399. The molecule has 0 unspecified atom stereocenters. The van der Waals surface area contributed by atoms with Crippen molar-refractivity contribution in [2.45, 2.75) is 31.9 Å². The van der Waals surface area contributed by atoms with Crippen LogP contribution in [0.4, 0.5) is 13.2 Å². The van der Waals surface area contributed by atoms with E-state index in [1.165, 1.54) is 0 Å². The van der Waals surface area contributed by atoms with Crippen molar-refractivity contribution in [2.24, 2.45) is 0 Å². The number of aryl methyl sites for hydroxylation is 1. The summed E-state index contributed by atoms with van der Waals surface area (Å²) in [6.07, 6.45) is -4.62. The van der Waals surface area contributed by atoms with Gasteiger partial charge < -0.3 is 9.84 Å².